The van der Waals surface area contributed by atoms with Crippen LogP contribution in [0.1, 0.15) is 72.9 Å². The molecule has 0 unspecified atom stereocenters. The Kier molecular flexibility index (Phi) is 6.78. The Balaban J connectivity index is 1.58. The van der Waals surface area contributed by atoms with Crippen molar-refractivity contribution in [2.24, 2.45) is 0 Å². The van der Waals surface area contributed by atoms with Gasteiger partial charge in [-0.3, -0.25) is 9.71 Å². The number of nitrogens with zero attached hydrogens (tertiary/aromatic N) is 3. The molecule has 1 saturated heterocycles. The van der Waals surface area contributed by atoms with Crippen LogP contribution in [0.15, 0.2) is 54.7 Å². The molecule has 0 radical (unpaired) electrons. The molecule has 5 rings (SSSR count). The molecule has 1 aliphatic heterocycles. The van der Waals surface area contributed by atoms with E-state index in [9.17, 15) is 8.42 Å². The van der Waals surface area contributed by atoms with Gasteiger partial charge in [0, 0.05) is 35.0 Å². The molecule has 9 heteroatoms. The third kappa shape index (κ3) is 4.86. The highest BCUT2D eigenvalue weighted by atomic mass is 32.2. The van der Waals surface area contributed by atoms with Gasteiger partial charge in [-0.1, -0.05) is 25.3 Å². The second-order valence-corrected chi connectivity index (χ2v) is 12.0. The van der Waals surface area contributed by atoms with E-state index in [1.807, 2.05) is 36.5 Å². The summed E-state index contributed by atoms with van der Waals surface area (Å²) in [5.41, 5.74) is 6.14. The molecule has 3 aromatic rings. The Labute approximate surface area is 219 Å². The molecule has 1 aliphatic carbocycles. The van der Waals surface area contributed by atoms with E-state index in [2.05, 4.69) is 44.4 Å². The number of pyridine rings is 1. The standard InChI is InChI=1S/C27H33N5O2S2/c1-18-17-23(19(2)31(18)21-9-5-4-6-10-21)26-25(24-11-7-8-16-28-24)29-27(35)32(26)22-14-12-20(13-15-22)30-36(3,33)34/h7-8,11-17,21,25-26,30H,4-6,9-10H2,1-3H3,(H,29,35)/t25-,26+/m1/s1. The number of thiocarbonyl (C=S) groups is 1. The van der Waals surface area contributed by atoms with Crippen molar-refractivity contribution in [3.63, 3.8) is 0 Å². The zero-order valence-electron chi connectivity index (χ0n) is 20.9. The molecule has 2 aliphatic rings. The zero-order chi connectivity index (χ0) is 25.4. The van der Waals surface area contributed by atoms with Crippen molar-refractivity contribution in [3.8, 4) is 0 Å². The van der Waals surface area contributed by atoms with E-state index in [1.54, 1.807) is 12.1 Å². The van der Waals surface area contributed by atoms with Crippen LogP contribution in [-0.4, -0.2) is 29.3 Å². The highest BCUT2D eigenvalue weighted by Gasteiger charge is 2.42. The fourth-order valence-corrected chi connectivity index (χ4v) is 6.77. The fraction of sp³-hybridized carbons (Fsp3) is 0.407. The van der Waals surface area contributed by atoms with Crippen molar-refractivity contribution in [2.45, 2.75) is 64.1 Å². The van der Waals surface area contributed by atoms with E-state index in [4.69, 9.17) is 12.2 Å². The molecule has 0 spiro atoms. The minimum absolute atomic E-state index is 0.0929. The molecule has 7 nitrogen and oxygen atoms in total. The van der Waals surface area contributed by atoms with E-state index in [0.29, 0.717) is 16.8 Å². The minimum atomic E-state index is -3.35. The number of hydrogen-bond donors (Lipinski definition) is 2. The first kappa shape index (κ1) is 24.8. The molecule has 1 aromatic carbocycles. The number of anilines is 2. The van der Waals surface area contributed by atoms with Gasteiger partial charge in [-0.15, -0.1) is 0 Å². The number of benzene rings is 1. The van der Waals surface area contributed by atoms with Gasteiger partial charge in [0.1, 0.15) is 0 Å². The summed E-state index contributed by atoms with van der Waals surface area (Å²) in [4.78, 5) is 6.81. The average Bonchev–Trinajstić information content (AvgIpc) is 3.35. The Morgan fingerprint density at radius 1 is 1.06 bits per heavy atom. The number of aromatic nitrogens is 2. The third-order valence-electron chi connectivity index (χ3n) is 7.33. The lowest BCUT2D eigenvalue weighted by Gasteiger charge is -2.30. The van der Waals surface area contributed by atoms with Gasteiger partial charge in [0.2, 0.25) is 10.0 Å². The normalized spacial score (nSPS) is 21.0. The fourth-order valence-electron chi connectivity index (χ4n) is 5.86. The summed E-state index contributed by atoms with van der Waals surface area (Å²) in [7, 11) is -3.35. The van der Waals surface area contributed by atoms with Gasteiger partial charge in [0.25, 0.3) is 0 Å². The number of aryl methyl sites for hydroxylation is 1. The number of rotatable bonds is 6. The van der Waals surface area contributed by atoms with E-state index < -0.39 is 10.0 Å². The maximum Gasteiger partial charge on any atom is 0.229 e. The Morgan fingerprint density at radius 2 is 1.78 bits per heavy atom. The first-order valence-corrected chi connectivity index (χ1v) is 14.8. The van der Waals surface area contributed by atoms with Gasteiger partial charge < -0.3 is 14.8 Å². The minimum Gasteiger partial charge on any atom is -0.351 e. The summed E-state index contributed by atoms with van der Waals surface area (Å²) in [6.45, 7) is 4.43. The lowest BCUT2D eigenvalue weighted by Crippen LogP contribution is -2.29. The lowest BCUT2D eigenvalue weighted by atomic mass is 9.94. The van der Waals surface area contributed by atoms with E-state index in [0.717, 1.165) is 17.6 Å². The van der Waals surface area contributed by atoms with Crippen molar-refractivity contribution < 1.29 is 8.42 Å². The van der Waals surface area contributed by atoms with Gasteiger partial charge in [-0.2, -0.15) is 0 Å². The zero-order valence-corrected chi connectivity index (χ0v) is 22.6. The molecule has 0 bridgehead atoms. The highest BCUT2D eigenvalue weighted by Crippen LogP contribution is 2.44. The highest BCUT2D eigenvalue weighted by molar-refractivity contribution is 7.92. The monoisotopic (exact) mass is 523 g/mol. The molecule has 190 valence electrons. The van der Waals surface area contributed by atoms with Crippen LogP contribution >= 0.6 is 12.2 Å². The second kappa shape index (κ2) is 9.86. The Hall–Kier alpha value is -2.91. The number of sulfonamides is 1. The van der Waals surface area contributed by atoms with Crippen LogP contribution < -0.4 is 14.9 Å². The van der Waals surface area contributed by atoms with Crippen LogP contribution in [0.2, 0.25) is 0 Å². The van der Waals surface area contributed by atoms with Gasteiger partial charge in [-0.25, -0.2) is 8.42 Å². The molecule has 2 atom stereocenters. The smallest absolute Gasteiger partial charge is 0.229 e. The maximum absolute atomic E-state index is 11.7. The largest absolute Gasteiger partial charge is 0.351 e. The van der Waals surface area contributed by atoms with Gasteiger partial charge in [0.05, 0.1) is 24.0 Å². The summed E-state index contributed by atoms with van der Waals surface area (Å²) in [5.74, 6) is 0. The SMILES string of the molecule is Cc1cc([C@H]2[C@@H](c3ccccn3)NC(=S)N2c2ccc(NS(C)(=O)=O)cc2)c(C)n1C1CCCCC1. The summed E-state index contributed by atoms with van der Waals surface area (Å²) < 4.78 is 28.4. The van der Waals surface area contributed by atoms with E-state index in [-0.39, 0.29) is 12.1 Å². The molecular weight excluding hydrogens is 490 g/mol. The van der Waals surface area contributed by atoms with E-state index >= 15 is 0 Å². The van der Waals surface area contributed by atoms with Crippen molar-refractivity contribution >= 4 is 38.7 Å². The first-order chi connectivity index (χ1) is 17.2. The van der Waals surface area contributed by atoms with Crippen LogP contribution in [0, 0.1) is 13.8 Å². The molecular formula is C27H33N5O2S2. The lowest BCUT2D eigenvalue weighted by molar-refractivity contribution is 0.345. The van der Waals surface area contributed by atoms with Crippen LogP contribution in [-0.2, 0) is 10.0 Å². The third-order valence-corrected chi connectivity index (χ3v) is 8.25. The first-order valence-electron chi connectivity index (χ1n) is 12.5. The van der Waals surface area contributed by atoms with Crippen LogP contribution in [0.25, 0.3) is 0 Å². The van der Waals surface area contributed by atoms with Gasteiger partial charge >= 0.3 is 0 Å². The summed E-state index contributed by atoms with van der Waals surface area (Å²) in [6, 6.07) is 16.0. The molecule has 2 aromatic heterocycles. The van der Waals surface area contributed by atoms with Gasteiger partial charge in [-0.05, 0) is 86.9 Å². The van der Waals surface area contributed by atoms with Crippen LogP contribution in [0.5, 0.6) is 0 Å². The van der Waals surface area contributed by atoms with Crippen molar-refractivity contribution in [1.29, 1.82) is 0 Å². The summed E-state index contributed by atoms with van der Waals surface area (Å²) in [6.07, 6.45) is 9.29. The molecule has 1 saturated carbocycles. The van der Waals surface area contributed by atoms with E-state index in [1.165, 1.54) is 49.1 Å². The summed E-state index contributed by atoms with van der Waals surface area (Å²) in [5, 5.41) is 4.16. The topological polar surface area (TPSA) is 79.3 Å². The van der Waals surface area contributed by atoms with Crippen LogP contribution in [0.3, 0.4) is 0 Å². The number of hydrogen-bond acceptors (Lipinski definition) is 4. The molecule has 3 heterocycles. The molecule has 36 heavy (non-hydrogen) atoms. The molecule has 0 amide bonds. The maximum atomic E-state index is 11.7. The quantitative estimate of drug-likeness (QED) is 0.412. The predicted molar refractivity (Wildman–Crippen MR) is 149 cm³/mol. The van der Waals surface area contributed by atoms with Crippen LogP contribution in [0.4, 0.5) is 11.4 Å². The molecule has 2 N–H and O–H groups in total. The molecule has 2 fully saturated rings. The second-order valence-electron chi connectivity index (χ2n) is 9.91. The Bertz CT molecular complexity index is 1350. The van der Waals surface area contributed by atoms with Gasteiger partial charge in [0.15, 0.2) is 5.11 Å². The van der Waals surface area contributed by atoms with Crippen molar-refractivity contribution in [3.05, 3.63) is 77.4 Å². The predicted octanol–water partition coefficient (Wildman–Crippen LogP) is 5.55. The summed E-state index contributed by atoms with van der Waals surface area (Å²) >= 11 is 5.87. The van der Waals surface area contributed by atoms with Crippen molar-refractivity contribution in [2.75, 3.05) is 15.9 Å². The average molecular weight is 524 g/mol. The van der Waals surface area contributed by atoms with Crippen molar-refractivity contribution in [1.82, 2.24) is 14.9 Å². The number of nitrogens with one attached hydrogen (secondary N) is 2. The Morgan fingerprint density at radius 3 is 2.42 bits per heavy atom.